The number of nitrogens with one attached hydrogen (secondary N) is 1. The molecule has 1 aromatic heterocycles. The molecule has 4 nitrogen and oxygen atoms in total. The van der Waals surface area contributed by atoms with E-state index >= 15 is 0 Å². The lowest BCUT2D eigenvalue weighted by atomic mass is 10.1. The van der Waals surface area contributed by atoms with Gasteiger partial charge in [0.2, 0.25) is 0 Å². The van der Waals surface area contributed by atoms with Crippen molar-refractivity contribution in [2.45, 2.75) is 17.9 Å². The molecule has 1 unspecified atom stereocenters. The van der Waals surface area contributed by atoms with E-state index in [1.54, 1.807) is 18.3 Å². The van der Waals surface area contributed by atoms with E-state index in [1.807, 2.05) is 31.2 Å². The number of anilines is 1. The SMILES string of the molecule is CC(Nc1ccc(Br)cn1)c1ccc(S(C)(=O)=O)cc1. The highest BCUT2D eigenvalue weighted by Crippen LogP contribution is 2.20. The fraction of sp³-hybridized carbons (Fsp3) is 0.214. The fourth-order valence-corrected chi connectivity index (χ4v) is 2.64. The molecule has 1 N–H and O–H groups in total. The number of halogens is 1. The predicted octanol–water partition coefficient (Wildman–Crippen LogP) is 3.42. The van der Waals surface area contributed by atoms with Gasteiger partial charge in [0.15, 0.2) is 9.84 Å². The van der Waals surface area contributed by atoms with Crippen molar-refractivity contribution < 1.29 is 8.42 Å². The highest BCUT2D eigenvalue weighted by Gasteiger charge is 2.09. The summed E-state index contributed by atoms with van der Waals surface area (Å²) in [5, 5.41) is 3.26. The number of hydrogen-bond donors (Lipinski definition) is 1. The summed E-state index contributed by atoms with van der Waals surface area (Å²) in [6.45, 7) is 2.00. The summed E-state index contributed by atoms with van der Waals surface area (Å²) in [6.07, 6.45) is 2.93. The average molecular weight is 355 g/mol. The normalized spacial score (nSPS) is 12.9. The molecule has 6 heteroatoms. The van der Waals surface area contributed by atoms with Crippen LogP contribution in [0.2, 0.25) is 0 Å². The molecule has 2 aromatic rings. The maximum atomic E-state index is 11.4. The Morgan fingerprint density at radius 3 is 2.30 bits per heavy atom. The van der Waals surface area contributed by atoms with Gasteiger partial charge in [-0.15, -0.1) is 0 Å². The number of benzene rings is 1. The Labute approximate surface area is 127 Å². The van der Waals surface area contributed by atoms with E-state index < -0.39 is 9.84 Å². The molecule has 0 radical (unpaired) electrons. The Morgan fingerprint density at radius 1 is 1.15 bits per heavy atom. The molecule has 0 fully saturated rings. The van der Waals surface area contributed by atoms with Gasteiger partial charge in [-0.25, -0.2) is 13.4 Å². The molecule has 106 valence electrons. The zero-order chi connectivity index (χ0) is 14.8. The van der Waals surface area contributed by atoms with E-state index in [4.69, 9.17) is 0 Å². The average Bonchev–Trinajstić information content (AvgIpc) is 2.40. The van der Waals surface area contributed by atoms with Crippen molar-refractivity contribution in [3.8, 4) is 0 Å². The number of hydrogen-bond acceptors (Lipinski definition) is 4. The van der Waals surface area contributed by atoms with Crippen LogP contribution in [0.5, 0.6) is 0 Å². The van der Waals surface area contributed by atoms with Crippen molar-refractivity contribution in [1.29, 1.82) is 0 Å². The maximum Gasteiger partial charge on any atom is 0.175 e. The van der Waals surface area contributed by atoms with Crippen molar-refractivity contribution >= 4 is 31.6 Å². The number of aromatic nitrogens is 1. The molecule has 20 heavy (non-hydrogen) atoms. The number of rotatable bonds is 4. The lowest BCUT2D eigenvalue weighted by Gasteiger charge is -2.15. The largest absolute Gasteiger partial charge is 0.364 e. The molecule has 1 heterocycles. The number of pyridine rings is 1. The van der Waals surface area contributed by atoms with Gasteiger partial charge in [0.05, 0.1) is 4.90 Å². The highest BCUT2D eigenvalue weighted by atomic mass is 79.9. The second kappa shape index (κ2) is 5.93. The lowest BCUT2D eigenvalue weighted by Crippen LogP contribution is -2.08. The van der Waals surface area contributed by atoms with Crippen LogP contribution in [0, 0.1) is 0 Å². The molecular weight excluding hydrogens is 340 g/mol. The summed E-state index contributed by atoms with van der Waals surface area (Å²) < 4.78 is 23.7. The van der Waals surface area contributed by atoms with Crippen LogP contribution in [0.3, 0.4) is 0 Å². The van der Waals surface area contributed by atoms with Crippen LogP contribution >= 0.6 is 15.9 Å². The Balaban J connectivity index is 2.13. The van der Waals surface area contributed by atoms with E-state index in [2.05, 4.69) is 26.2 Å². The van der Waals surface area contributed by atoms with E-state index in [-0.39, 0.29) is 6.04 Å². The predicted molar refractivity (Wildman–Crippen MR) is 83.5 cm³/mol. The van der Waals surface area contributed by atoms with Crippen molar-refractivity contribution in [2.75, 3.05) is 11.6 Å². The van der Waals surface area contributed by atoms with Crippen molar-refractivity contribution in [3.63, 3.8) is 0 Å². The molecule has 0 spiro atoms. The summed E-state index contributed by atoms with van der Waals surface area (Å²) in [4.78, 5) is 4.58. The van der Waals surface area contributed by atoms with Crippen LogP contribution in [-0.2, 0) is 9.84 Å². The van der Waals surface area contributed by atoms with E-state index in [0.717, 1.165) is 15.9 Å². The van der Waals surface area contributed by atoms with E-state index in [0.29, 0.717) is 4.90 Å². The third-order valence-corrected chi connectivity index (χ3v) is 4.50. The summed E-state index contributed by atoms with van der Waals surface area (Å²) in [6, 6.07) is 10.7. The molecule has 1 atom stereocenters. The monoisotopic (exact) mass is 354 g/mol. The molecule has 1 aromatic carbocycles. The van der Waals surface area contributed by atoms with Crippen LogP contribution in [0.15, 0.2) is 52.0 Å². The molecular formula is C14H15BrN2O2S. The number of nitrogens with zero attached hydrogens (tertiary/aromatic N) is 1. The smallest absolute Gasteiger partial charge is 0.175 e. The minimum absolute atomic E-state index is 0.0392. The minimum atomic E-state index is -3.15. The van der Waals surface area contributed by atoms with Crippen LogP contribution in [0.25, 0.3) is 0 Å². The highest BCUT2D eigenvalue weighted by molar-refractivity contribution is 9.10. The van der Waals surface area contributed by atoms with E-state index in [1.165, 1.54) is 6.26 Å². The first kappa shape index (κ1) is 15.0. The van der Waals surface area contributed by atoms with Crippen molar-refractivity contribution in [3.05, 3.63) is 52.6 Å². The first-order valence-corrected chi connectivity index (χ1v) is 8.73. The molecule has 0 saturated carbocycles. The Hall–Kier alpha value is -1.40. The first-order valence-electron chi connectivity index (χ1n) is 6.04. The van der Waals surface area contributed by atoms with E-state index in [9.17, 15) is 8.42 Å². The molecule has 0 bridgehead atoms. The topological polar surface area (TPSA) is 59.1 Å². The molecule has 0 aliphatic carbocycles. The Bertz CT molecular complexity index is 682. The summed E-state index contributed by atoms with van der Waals surface area (Å²) in [5.41, 5.74) is 1.00. The third-order valence-electron chi connectivity index (χ3n) is 2.90. The van der Waals surface area contributed by atoms with Gasteiger partial charge in [0.25, 0.3) is 0 Å². The van der Waals surface area contributed by atoms with Crippen LogP contribution < -0.4 is 5.32 Å². The second-order valence-electron chi connectivity index (χ2n) is 4.57. The van der Waals surface area contributed by atoms with Gasteiger partial charge in [0.1, 0.15) is 5.82 Å². The molecule has 2 rings (SSSR count). The van der Waals surface area contributed by atoms with Crippen LogP contribution in [0.1, 0.15) is 18.5 Å². The quantitative estimate of drug-likeness (QED) is 0.913. The summed E-state index contributed by atoms with van der Waals surface area (Å²) in [7, 11) is -3.15. The first-order chi connectivity index (χ1) is 9.36. The van der Waals surface area contributed by atoms with Gasteiger partial charge < -0.3 is 5.32 Å². The Kier molecular flexibility index (Phi) is 4.45. The molecule has 0 aliphatic rings. The maximum absolute atomic E-state index is 11.4. The lowest BCUT2D eigenvalue weighted by molar-refractivity contribution is 0.602. The fourth-order valence-electron chi connectivity index (χ4n) is 1.77. The molecule has 0 amide bonds. The number of sulfone groups is 1. The van der Waals surface area contributed by atoms with Crippen LogP contribution in [-0.4, -0.2) is 19.7 Å². The van der Waals surface area contributed by atoms with Gasteiger partial charge >= 0.3 is 0 Å². The van der Waals surface area contributed by atoms with Crippen LogP contribution in [0.4, 0.5) is 5.82 Å². The van der Waals surface area contributed by atoms with Gasteiger partial charge in [-0.3, -0.25) is 0 Å². The second-order valence-corrected chi connectivity index (χ2v) is 7.50. The zero-order valence-electron chi connectivity index (χ0n) is 11.2. The Morgan fingerprint density at radius 2 is 1.80 bits per heavy atom. The summed E-state index contributed by atoms with van der Waals surface area (Å²) >= 11 is 3.34. The third kappa shape index (κ3) is 3.80. The molecule has 0 aliphatic heterocycles. The van der Waals surface area contributed by atoms with Crippen molar-refractivity contribution in [1.82, 2.24) is 4.98 Å². The minimum Gasteiger partial charge on any atom is -0.364 e. The summed E-state index contributed by atoms with van der Waals surface area (Å²) in [5.74, 6) is 0.771. The molecule has 0 saturated heterocycles. The van der Waals surface area contributed by atoms with Gasteiger partial charge in [-0.1, -0.05) is 12.1 Å². The zero-order valence-corrected chi connectivity index (χ0v) is 13.6. The van der Waals surface area contributed by atoms with Gasteiger partial charge in [0, 0.05) is 23.0 Å². The van der Waals surface area contributed by atoms with Gasteiger partial charge in [-0.05, 0) is 52.7 Å². The standard InChI is InChI=1S/C14H15BrN2O2S/c1-10(17-14-8-5-12(15)9-16-14)11-3-6-13(7-4-11)20(2,18)19/h3-10H,1-2H3,(H,16,17). The van der Waals surface area contributed by atoms with Crippen molar-refractivity contribution in [2.24, 2.45) is 0 Å². The van der Waals surface area contributed by atoms with Gasteiger partial charge in [-0.2, -0.15) is 0 Å².